The van der Waals surface area contributed by atoms with Gasteiger partial charge in [0, 0.05) is 19.6 Å². The summed E-state index contributed by atoms with van der Waals surface area (Å²) in [6.07, 6.45) is 3.32. The molecule has 1 aromatic heterocycles. The molecule has 0 aliphatic carbocycles. The van der Waals surface area contributed by atoms with Gasteiger partial charge in [-0.25, -0.2) is 9.07 Å². The third-order valence-corrected chi connectivity index (χ3v) is 5.37. The Morgan fingerprint density at radius 3 is 2.58 bits per heavy atom. The number of aryl methyl sites for hydroxylation is 2. The highest BCUT2D eigenvalue weighted by Crippen LogP contribution is 2.21. The molecule has 3 rings (SSSR count). The molecular formula is C25H30FN7. The van der Waals surface area contributed by atoms with Crippen molar-refractivity contribution in [3.8, 4) is 11.8 Å². The third kappa shape index (κ3) is 6.56. The van der Waals surface area contributed by atoms with Crippen LogP contribution in [-0.2, 0) is 12.8 Å². The zero-order chi connectivity index (χ0) is 23.6. The Labute approximate surface area is 194 Å². The van der Waals surface area contributed by atoms with Crippen molar-refractivity contribution in [1.29, 1.82) is 5.26 Å². The van der Waals surface area contributed by atoms with Crippen LogP contribution in [0.2, 0.25) is 0 Å². The molecule has 172 valence electrons. The summed E-state index contributed by atoms with van der Waals surface area (Å²) in [5, 5.41) is 20.7. The fraction of sp³-hybridized carbons (Fsp3) is 0.320. The van der Waals surface area contributed by atoms with E-state index < -0.39 is 0 Å². The summed E-state index contributed by atoms with van der Waals surface area (Å²) >= 11 is 0. The quantitative estimate of drug-likeness (QED) is 0.264. The van der Waals surface area contributed by atoms with Crippen LogP contribution < -0.4 is 16.4 Å². The molecule has 0 spiro atoms. The maximum absolute atomic E-state index is 13.2. The van der Waals surface area contributed by atoms with Crippen molar-refractivity contribution in [3.05, 3.63) is 77.2 Å². The maximum Gasteiger partial charge on any atom is 0.191 e. The highest BCUT2D eigenvalue weighted by molar-refractivity contribution is 5.79. The van der Waals surface area contributed by atoms with E-state index in [1.807, 2.05) is 6.07 Å². The lowest BCUT2D eigenvalue weighted by Crippen LogP contribution is -2.42. The number of nitrogens with one attached hydrogen (secondary N) is 2. The van der Waals surface area contributed by atoms with Crippen LogP contribution in [0.15, 0.2) is 59.6 Å². The van der Waals surface area contributed by atoms with Gasteiger partial charge in [0.15, 0.2) is 5.96 Å². The Balaban J connectivity index is 1.49. The number of nitrogen functional groups attached to an aromatic ring is 1. The van der Waals surface area contributed by atoms with Crippen LogP contribution in [0.25, 0.3) is 5.69 Å². The Hall–Kier alpha value is -3.86. The molecule has 0 saturated heterocycles. The first-order valence-electron chi connectivity index (χ1n) is 11.1. The number of nitriles is 1. The number of aromatic nitrogens is 2. The summed E-state index contributed by atoms with van der Waals surface area (Å²) in [6, 6.07) is 18.7. The minimum absolute atomic E-state index is 0.261. The molecule has 1 heterocycles. The smallest absolute Gasteiger partial charge is 0.191 e. The number of anilines is 1. The predicted octanol–water partition coefficient (Wildman–Crippen LogP) is 3.58. The average molecular weight is 448 g/mol. The summed E-state index contributed by atoms with van der Waals surface area (Å²) in [4.78, 5) is 4.30. The van der Waals surface area contributed by atoms with Gasteiger partial charge in [0.25, 0.3) is 0 Å². The zero-order valence-corrected chi connectivity index (χ0v) is 19.1. The minimum atomic E-state index is -0.340. The van der Waals surface area contributed by atoms with Crippen molar-refractivity contribution in [2.24, 2.45) is 4.99 Å². The standard InChI is InChI=1S/C25H30FN7/c1-18(10-11-19-7-4-3-5-8-19)31-25(29-2)30-16-6-9-23-22(17-27)24(28)33(32-23)21-14-12-20(26)13-15-21/h3-5,7-8,12-15,18H,6,9-11,16,28H2,1-2H3,(H2,29,30,31). The molecule has 0 bridgehead atoms. The number of aliphatic imine (C=N–C) groups is 1. The van der Waals surface area contributed by atoms with Gasteiger partial charge in [0.1, 0.15) is 23.3 Å². The molecule has 0 radical (unpaired) electrons. The predicted molar refractivity (Wildman–Crippen MR) is 130 cm³/mol. The number of rotatable bonds is 9. The van der Waals surface area contributed by atoms with Crippen molar-refractivity contribution in [3.63, 3.8) is 0 Å². The monoisotopic (exact) mass is 447 g/mol. The van der Waals surface area contributed by atoms with Crippen LogP contribution >= 0.6 is 0 Å². The van der Waals surface area contributed by atoms with Gasteiger partial charge in [0.05, 0.1) is 11.4 Å². The Morgan fingerprint density at radius 2 is 1.91 bits per heavy atom. The van der Waals surface area contributed by atoms with Crippen LogP contribution in [0.1, 0.15) is 36.6 Å². The summed E-state index contributed by atoms with van der Waals surface area (Å²) in [6.45, 7) is 2.80. The Bertz CT molecular complexity index is 1100. The molecule has 1 atom stereocenters. The molecule has 1 unspecified atom stereocenters. The van der Waals surface area contributed by atoms with Gasteiger partial charge in [-0.05, 0) is 62.4 Å². The second-order valence-electron chi connectivity index (χ2n) is 7.88. The van der Waals surface area contributed by atoms with Gasteiger partial charge in [-0.1, -0.05) is 30.3 Å². The molecule has 3 aromatic rings. The molecule has 0 saturated carbocycles. The number of nitrogens with two attached hydrogens (primary N) is 1. The molecule has 0 aliphatic heterocycles. The SMILES string of the molecule is CN=C(NCCCc1nn(-c2ccc(F)cc2)c(N)c1C#N)NC(C)CCc1ccccc1. The van der Waals surface area contributed by atoms with E-state index >= 15 is 0 Å². The van der Waals surface area contributed by atoms with Gasteiger partial charge >= 0.3 is 0 Å². The molecule has 0 fully saturated rings. The van der Waals surface area contributed by atoms with Crippen LogP contribution in [0, 0.1) is 17.1 Å². The van der Waals surface area contributed by atoms with E-state index in [2.05, 4.69) is 58.0 Å². The fourth-order valence-electron chi connectivity index (χ4n) is 3.54. The van der Waals surface area contributed by atoms with Crippen LogP contribution in [0.4, 0.5) is 10.2 Å². The first-order valence-corrected chi connectivity index (χ1v) is 11.1. The molecular weight excluding hydrogens is 417 g/mol. The highest BCUT2D eigenvalue weighted by atomic mass is 19.1. The van der Waals surface area contributed by atoms with Gasteiger partial charge in [-0.15, -0.1) is 0 Å². The molecule has 0 aliphatic rings. The van der Waals surface area contributed by atoms with Crippen molar-refractivity contribution >= 4 is 11.8 Å². The first kappa shape index (κ1) is 23.8. The summed E-state index contributed by atoms with van der Waals surface area (Å²) < 4.78 is 14.7. The second-order valence-corrected chi connectivity index (χ2v) is 7.88. The maximum atomic E-state index is 13.2. The number of nitrogens with zero attached hydrogens (tertiary/aromatic N) is 4. The number of halogens is 1. The molecule has 0 amide bonds. The second kappa shape index (κ2) is 11.7. The third-order valence-electron chi connectivity index (χ3n) is 5.37. The fourth-order valence-corrected chi connectivity index (χ4v) is 3.54. The molecule has 33 heavy (non-hydrogen) atoms. The molecule has 4 N–H and O–H groups in total. The van der Waals surface area contributed by atoms with Gasteiger partial charge in [-0.3, -0.25) is 4.99 Å². The van der Waals surface area contributed by atoms with Crippen LogP contribution in [0.5, 0.6) is 0 Å². The topological polar surface area (TPSA) is 104 Å². The van der Waals surface area contributed by atoms with E-state index in [9.17, 15) is 9.65 Å². The van der Waals surface area contributed by atoms with Gasteiger partial charge in [0.2, 0.25) is 0 Å². The average Bonchev–Trinajstić information content (AvgIpc) is 3.15. The van der Waals surface area contributed by atoms with Crippen molar-refractivity contribution in [2.45, 2.75) is 38.6 Å². The van der Waals surface area contributed by atoms with E-state index in [-0.39, 0.29) is 17.7 Å². The summed E-state index contributed by atoms with van der Waals surface area (Å²) in [5.41, 5.74) is 9.04. The van der Waals surface area contributed by atoms with Crippen molar-refractivity contribution < 1.29 is 4.39 Å². The lowest BCUT2D eigenvalue weighted by Gasteiger charge is -2.18. The van der Waals surface area contributed by atoms with Gasteiger partial charge in [-0.2, -0.15) is 10.4 Å². The van der Waals surface area contributed by atoms with E-state index in [4.69, 9.17) is 5.73 Å². The summed E-state index contributed by atoms with van der Waals surface area (Å²) in [7, 11) is 1.75. The normalized spacial score (nSPS) is 12.2. The molecule has 7 nitrogen and oxygen atoms in total. The van der Waals surface area contributed by atoms with Gasteiger partial charge < -0.3 is 16.4 Å². The van der Waals surface area contributed by atoms with E-state index in [0.717, 1.165) is 25.2 Å². The highest BCUT2D eigenvalue weighted by Gasteiger charge is 2.16. The lowest BCUT2D eigenvalue weighted by molar-refractivity contribution is 0.590. The molecule has 2 aromatic carbocycles. The number of benzene rings is 2. The number of hydrogen-bond donors (Lipinski definition) is 3. The van der Waals surface area contributed by atoms with Crippen LogP contribution in [-0.4, -0.2) is 35.4 Å². The lowest BCUT2D eigenvalue weighted by atomic mass is 10.1. The van der Waals surface area contributed by atoms with Crippen molar-refractivity contribution in [2.75, 3.05) is 19.3 Å². The number of hydrogen-bond acceptors (Lipinski definition) is 4. The molecule has 8 heteroatoms. The van der Waals surface area contributed by atoms with E-state index in [0.29, 0.717) is 29.9 Å². The number of guanidine groups is 1. The van der Waals surface area contributed by atoms with E-state index in [1.54, 1.807) is 19.2 Å². The van der Waals surface area contributed by atoms with E-state index in [1.165, 1.54) is 22.4 Å². The first-order chi connectivity index (χ1) is 16.0. The summed E-state index contributed by atoms with van der Waals surface area (Å²) in [5.74, 6) is 0.664. The largest absolute Gasteiger partial charge is 0.382 e. The minimum Gasteiger partial charge on any atom is -0.382 e. The zero-order valence-electron chi connectivity index (χ0n) is 19.1. The Kier molecular flexibility index (Phi) is 8.42. The van der Waals surface area contributed by atoms with Crippen LogP contribution in [0.3, 0.4) is 0 Å². The Morgan fingerprint density at radius 1 is 1.18 bits per heavy atom. The van der Waals surface area contributed by atoms with Crippen molar-refractivity contribution in [1.82, 2.24) is 20.4 Å².